The smallest absolute Gasteiger partial charge is 0.209 e. The van der Waals surface area contributed by atoms with Crippen molar-refractivity contribution >= 4 is 17.9 Å². The van der Waals surface area contributed by atoms with Crippen molar-refractivity contribution in [3.63, 3.8) is 0 Å². The first kappa shape index (κ1) is 25.5. The molecule has 6 nitrogen and oxygen atoms in total. The molecule has 0 saturated heterocycles. The third kappa shape index (κ3) is 8.47. The fraction of sp³-hybridized carbons (Fsp3) is 0.583. The quantitative estimate of drug-likeness (QED) is 0.460. The minimum absolute atomic E-state index is 0.106. The molecule has 3 rings (SSSR count). The molecule has 30 heavy (non-hydrogen) atoms. The van der Waals surface area contributed by atoms with E-state index >= 15 is 0 Å². The van der Waals surface area contributed by atoms with Gasteiger partial charge >= 0.3 is 0 Å². The number of Topliss-reactive ketones (excluding diaryl/α,β-unsaturated/α-hetero) is 1. The Morgan fingerprint density at radius 1 is 1.13 bits per heavy atom. The molecule has 0 radical (unpaired) electrons. The van der Waals surface area contributed by atoms with Crippen molar-refractivity contribution in [2.24, 2.45) is 0 Å². The normalized spacial score (nSPS) is 15.7. The van der Waals surface area contributed by atoms with Crippen LogP contribution in [0.1, 0.15) is 70.8 Å². The third-order valence-corrected chi connectivity index (χ3v) is 5.11. The van der Waals surface area contributed by atoms with Crippen LogP contribution in [0.25, 0.3) is 0 Å². The van der Waals surface area contributed by atoms with E-state index in [9.17, 15) is 14.7 Å². The van der Waals surface area contributed by atoms with Gasteiger partial charge in [0.15, 0.2) is 5.78 Å². The molecule has 0 spiro atoms. The number of carbonyl (C=O) groups is 2. The molecule has 1 amide bonds. The highest BCUT2D eigenvalue weighted by Crippen LogP contribution is 2.32. The molecule has 1 saturated carbocycles. The number of carbonyl (C=O) groups excluding carboxylic acids is 2. The predicted octanol–water partition coefficient (Wildman–Crippen LogP) is 4.73. The molecule has 2 aliphatic rings. The van der Waals surface area contributed by atoms with Crippen molar-refractivity contribution in [2.75, 3.05) is 19.4 Å². The summed E-state index contributed by atoms with van der Waals surface area (Å²) >= 11 is 0. The van der Waals surface area contributed by atoms with Gasteiger partial charge in [0.1, 0.15) is 11.4 Å². The maximum absolute atomic E-state index is 11.8. The number of hydrogen-bond acceptors (Lipinski definition) is 5. The van der Waals surface area contributed by atoms with Crippen LogP contribution in [0.4, 0.5) is 5.69 Å². The Morgan fingerprint density at radius 3 is 2.23 bits per heavy atom. The molecule has 0 unspecified atom stereocenters. The Kier molecular flexibility index (Phi) is 11.6. The summed E-state index contributed by atoms with van der Waals surface area (Å²) in [5.74, 6) is 0.316. The molecule has 2 aliphatic carbocycles. The van der Waals surface area contributed by atoms with Crippen LogP contribution < -0.4 is 10.6 Å². The van der Waals surface area contributed by atoms with E-state index in [1.54, 1.807) is 20.2 Å². The molecule has 0 bridgehead atoms. The summed E-state index contributed by atoms with van der Waals surface area (Å²) in [5.41, 5.74) is 3.00. The number of aryl methyl sites for hydroxylation is 1. The number of anilines is 1. The first-order valence-corrected chi connectivity index (χ1v) is 11.0. The molecule has 6 heteroatoms. The van der Waals surface area contributed by atoms with E-state index in [4.69, 9.17) is 0 Å². The van der Waals surface area contributed by atoms with Crippen LogP contribution in [-0.4, -0.2) is 42.3 Å². The number of phenolic OH excluding ortho intramolecular Hbond substituents is 1. The second-order valence-corrected chi connectivity index (χ2v) is 8.10. The molecule has 0 aromatic heterocycles. The third-order valence-electron chi connectivity index (χ3n) is 5.11. The fourth-order valence-corrected chi connectivity index (χ4v) is 3.06. The van der Waals surface area contributed by atoms with Crippen molar-refractivity contribution < 1.29 is 14.7 Å². The standard InChI is InChI=1S/C17H22N2O2.C4H10.C3H7NO/c1-11-6-5-9-13(17(11)21)19-16-14(10-15(16)20)18-12-7-3-2-4-8-12;1-3-4-2;1-4(2)3-5/h5-6,9,12,18-19,21H,2-4,7-8,10H2,1H3;3-4H2,1-2H3;3H,1-2H3. The predicted molar refractivity (Wildman–Crippen MR) is 123 cm³/mol. The Hall–Kier alpha value is -2.50. The summed E-state index contributed by atoms with van der Waals surface area (Å²) in [6.45, 7) is 6.21. The molecule has 1 aromatic carbocycles. The minimum atomic E-state index is 0.106. The lowest BCUT2D eigenvalue weighted by Crippen LogP contribution is -2.39. The van der Waals surface area contributed by atoms with Crippen molar-refractivity contribution in [1.82, 2.24) is 10.2 Å². The maximum Gasteiger partial charge on any atom is 0.209 e. The van der Waals surface area contributed by atoms with Crippen LogP contribution >= 0.6 is 0 Å². The zero-order valence-corrected chi connectivity index (χ0v) is 19.3. The van der Waals surface area contributed by atoms with E-state index in [2.05, 4.69) is 24.5 Å². The number of phenols is 1. The van der Waals surface area contributed by atoms with E-state index in [0.29, 0.717) is 23.8 Å². The average Bonchev–Trinajstić information content (AvgIpc) is 2.75. The minimum Gasteiger partial charge on any atom is -0.505 e. The Labute approximate surface area is 181 Å². The number of nitrogens with zero attached hydrogens (tertiary/aromatic N) is 1. The van der Waals surface area contributed by atoms with E-state index in [0.717, 1.165) is 17.7 Å². The van der Waals surface area contributed by atoms with Gasteiger partial charge in [0, 0.05) is 25.8 Å². The van der Waals surface area contributed by atoms with E-state index in [-0.39, 0.29) is 11.5 Å². The SMILES string of the molecule is CCCC.CN(C)C=O.Cc1cccc(NC2=C(NC3CCCCC3)CC2=O)c1O. The molecule has 0 atom stereocenters. The van der Waals surface area contributed by atoms with Crippen LogP contribution in [0, 0.1) is 6.92 Å². The molecule has 1 fully saturated rings. The molecule has 0 aliphatic heterocycles. The van der Waals surface area contributed by atoms with E-state index in [1.165, 1.54) is 49.8 Å². The Morgan fingerprint density at radius 2 is 1.73 bits per heavy atom. The number of para-hydroxylation sites is 1. The number of hydrogen-bond donors (Lipinski definition) is 3. The van der Waals surface area contributed by atoms with Gasteiger partial charge < -0.3 is 20.6 Å². The first-order valence-electron chi connectivity index (χ1n) is 11.0. The van der Waals surface area contributed by atoms with Crippen LogP contribution in [-0.2, 0) is 9.59 Å². The molecule has 1 aromatic rings. The topological polar surface area (TPSA) is 81.7 Å². The number of amides is 1. The molecule has 0 heterocycles. The van der Waals surface area contributed by atoms with Crippen molar-refractivity contribution in [3.05, 3.63) is 35.2 Å². The van der Waals surface area contributed by atoms with Crippen LogP contribution in [0.2, 0.25) is 0 Å². The summed E-state index contributed by atoms with van der Waals surface area (Å²) in [7, 11) is 3.38. The summed E-state index contributed by atoms with van der Waals surface area (Å²) in [5, 5.41) is 16.6. The largest absolute Gasteiger partial charge is 0.505 e. The highest BCUT2D eigenvalue weighted by Gasteiger charge is 2.29. The summed E-state index contributed by atoms with van der Waals surface area (Å²) in [6, 6.07) is 6.00. The highest BCUT2D eigenvalue weighted by atomic mass is 16.3. The average molecular weight is 418 g/mol. The number of ketones is 1. The van der Waals surface area contributed by atoms with Crippen molar-refractivity contribution in [1.29, 1.82) is 0 Å². The lowest BCUT2D eigenvalue weighted by molar-refractivity contribution is -0.117. The van der Waals surface area contributed by atoms with Crippen LogP contribution in [0.5, 0.6) is 5.75 Å². The lowest BCUT2D eigenvalue weighted by Gasteiger charge is -2.31. The Bertz CT molecular complexity index is 706. The van der Waals surface area contributed by atoms with Gasteiger partial charge in [0.25, 0.3) is 0 Å². The second kappa shape index (κ2) is 13.7. The van der Waals surface area contributed by atoms with Crippen molar-refractivity contribution in [3.8, 4) is 5.75 Å². The number of nitrogens with one attached hydrogen (secondary N) is 2. The van der Waals surface area contributed by atoms with Crippen molar-refractivity contribution in [2.45, 2.75) is 78.2 Å². The molecule has 168 valence electrons. The molecule has 3 N–H and O–H groups in total. The molecular weight excluding hydrogens is 378 g/mol. The number of allylic oxidation sites excluding steroid dienone is 2. The lowest BCUT2D eigenvalue weighted by atomic mass is 9.92. The fourth-order valence-electron chi connectivity index (χ4n) is 3.06. The first-order chi connectivity index (χ1) is 14.3. The monoisotopic (exact) mass is 417 g/mol. The molecular formula is C24H39N3O3. The van der Waals surface area contributed by atoms with Gasteiger partial charge in [-0.25, -0.2) is 0 Å². The van der Waals surface area contributed by atoms with Gasteiger partial charge in [0.2, 0.25) is 6.41 Å². The summed E-state index contributed by atoms with van der Waals surface area (Å²) in [4.78, 5) is 22.7. The van der Waals surface area contributed by atoms with Crippen LogP contribution in [0.15, 0.2) is 29.6 Å². The number of aromatic hydroxyl groups is 1. The van der Waals surface area contributed by atoms with Gasteiger partial charge in [-0.05, 0) is 31.4 Å². The highest BCUT2D eigenvalue weighted by molar-refractivity contribution is 6.06. The zero-order valence-electron chi connectivity index (χ0n) is 19.3. The summed E-state index contributed by atoms with van der Waals surface area (Å²) < 4.78 is 0. The second-order valence-electron chi connectivity index (χ2n) is 8.10. The maximum atomic E-state index is 11.8. The summed E-state index contributed by atoms with van der Waals surface area (Å²) in [6.07, 6.45) is 10.1. The van der Waals surface area contributed by atoms with E-state index < -0.39 is 0 Å². The van der Waals surface area contributed by atoms with Gasteiger partial charge in [-0.1, -0.05) is 58.1 Å². The van der Waals surface area contributed by atoms with Gasteiger partial charge in [0.05, 0.1) is 12.1 Å². The van der Waals surface area contributed by atoms with E-state index in [1.807, 2.05) is 19.1 Å². The number of rotatable bonds is 6. The zero-order chi connectivity index (χ0) is 22.5. The Balaban J connectivity index is 0.000000425. The van der Waals surface area contributed by atoms with Gasteiger partial charge in [-0.3, -0.25) is 9.59 Å². The van der Waals surface area contributed by atoms with Gasteiger partial charge in [-0.15, -0.1) is 0 Å². The van der Waals surface area contributed by atoms with Gasteiger partial charge in [-0.2, -0.15) is 0 Å². The number of benzene rings is 1. The van der Waals surface area contributed by atoms with Crippen LogP contribution in [0.3, 0.4) is 0 Å². The number of unbranched alkanes of at least 4 members (excludes halogenated alkanes) is 1.